The number of ether oxygens (including phenoxy) is 2. The predicted octanol–water partition coefficient (Wildman–Crippen LogP) is 2.39. The topological polar surface area (TPSA) is 91.2 Å². The lowest BCUT2D eigenvalue weighted by Crippen LogP contribution is -2.20. The van der Waals surface area contributed by atoms with Crippen molar-refractivity contribution in [3.63, 3.8) is 0 Å². The van der Waals surface area contributed by atoms with E-state index in [4.69, 9.17) is 9.47 Å². The van der Waals surface area contributed by atoms with E-state index in [9.17, 15) is 4.79 Å². The first-order valence-corrected chi connectivity index (χ1v) is 8.16. The third kappa shape index (κ3) is 4.35. The summed E-state index contributed by atoms with van der Waals surface area (Å²) in [5, 5.41) is 14.2. The Morgan fingerprint density at radius 3 is 2.50 bits per heavy atom. The number of anilines is 1. The van der Waals surface area contributed by atoms with Crippen LogP contribution in [-0.4, -0.2) is 39.3 Å². The van der Waals surface area contributed by atoms with E-state index >= 15 is 0 Å². The summed E-state index contributed by atoms with van der Waals surface area (Å²) in [6.45, 7) is 4.23. The Balaban J connectivity index is 1.57. The van der Waals surface area contributed by atoms with Gasteiger partial charge in [0.15, 0.2) is 12.4 Å². The van der Waals surface area contributed by atoms with Gasteiger partial charge >= 0.3 is 0 Å². The molecule has 1 N–H and O–H groups in total. The van der Waals surface area contributed by atoms with Crippen LogP contribution in [0.4, 0.5) is 5.69 Å². The van der Waals surface area contributed by atoms with Crippen LogP contribution in [0.25, 0.3) is 5.69 Å². The lowest BCUT2D eigenvalue weighted by Gasteiger charge is -2.09. The molecule has 0 aliphatic heterocycles. The van der Waals surface area contributed by atoms with Crippen LogP contribution in [0.5, 0.6) is 11.5 Å². The maximum absolute atomic E-state index is 12.1. The van der Waals surface area contributed by atoms with Crippen molar-refractivity contribution in [1.29, 1.82) is 0 Å². The normalized spacial score (nSPS) is 10.4. The molecule has 134 valence electrons. The molecule has 3 aromatic rings. The summed E-state index contributed by atoms with van der Waals surface area (Å²) >= 11 is 0. The zero-order valence-corrected chi connectivity index (χ0v) is 14.5. The lowest BCUT2D eigenvalue weighted by molar-refractivity contribution is -0.118. The summed E-state index contributed by atoms with van der Waals surface area (Å²) in [5.41, 5.74) is 1.40. The van der Waals surface area contributed by atoms with Gasteiger partial charge in [-0.1, -0.05) is 6.07 Å². The van der Waals surface area contributed by atoms with Crippen molar-refractivity contribution in [3.8, 4) is 17.2 Å². The van der Waals surface area contributed by atoms with E-state index in [2.05, 4.69) is 20.8 Å². The van der Waals surface area contributed by atoms with Crippen molar-refractivity contribution < 1.29 is 14.3 Å². The molecular formula is C18H19N5O3. The molecule has 1 aromatic heterocycles. The molecule has 3 rings (SSSR count). The number of rotatable bonds is 7. The third-order valence-electron chi connectivity index (χ3n) is 3.50. The van der Waals surface area contributed by atoms with Crippen molar-refractivity contribution in [1.82, 2.24) is 20.2 Å². The summed E-state index contributed by atoms with van der Waals surface area (Å²) in [4.78, 5) is 12.1. The zero-order chi connectivity index (χ0) is 18.4. The number of nitrogens with zero attached hydrogens (tertiary/aromatic N) is 4. The fourth-order valence-electron chi connectivity index (χ4n) is 2.33. The number of aromatic nitrogens is 4. The first kappa shape index (κ1) is 17.4. The zero-order valence-electron chi connectivity index (χ0n) is 14.5. The fourth-order valence-corrected chi connectivity index (χ4v) is 2.33. The van der Waals surface area contributed by atoms with Crippen LogP contribution in [0.1, 0.15) is 12.7 Å². The van der Waals surface area contributed by atoms with Crippen LogP contribution < -0.4 is 14.8 Å². The van der Waals surface area contributed by atoms with Gasteiger partial charge in [0.05, 0.1) is 12.3 Å². The van der Waals surface area contributed by atoms with Gasteiger partial charge in [-0.2, -0.15) is 4.68 Å². The Bertz CT molecular complexity index is 877. The molecular weight excluding hydrogens is 334 g/mol. The molecule has 0 radical (unpaired) electrons. The van der Waals surface area contributed by atoms with E-state index in [1.807, 2.05) is 19.1 Å². The number of benzene rings is 2. The standard InChI is InChI=1S/C18H19N5O3/c1-3-25-16-7-9-17(10-8-16)26-12-18(24)19-14-5-4-6-15(11-14)23-13(2)20-21-22-23/h4-11H,3,12H2,1-2H3,(H,19,24). The monoisotopic (exact) mass is 353 g/mol. The molecule has 0 fully saturated rings. The van der Waals surface area contributed by atoms with Crippen molar-refractivity contribution in [2.24, 2.45) is 0 Å². The molecule has 0 spiro atoms. The Morgan fingerprint density at radius 2 is 1.85 bits per heavy atom. The second-order valence-electron chi connectivity index (χ2n) is 5.43. The summed E-state index contributed by atoms with van der Waals surface area (Å²) in [7, 11) is 0. The highest BCUT2D eigenvalue weighted by molar-refractivity contribution is 5.92. The predicted molar refractivity (Wildman–Crippen MR) is 95.6 cm³/mol. The van der Waals surface area contributed by atoms with Crippen molar-refractivity contribution in [2.75, 3.05) is 18.5 Å². The lowest BCUT2D eigenvalue weighted by atomic mass is 10.2. The highest BCUT2D eigenvalue weighted by Gasteiger charge is 2.07. The average Bonchev–Trinajstić information content (AvgIpc) is 3.08. The average molecular weight is 353 g/mol. The second kappa shape index (κ2) is 8.11. The molecule has 26 heavy (non-hydrogen) atoms. The SMILES string of the molecule is CCOc1ccc(OCC(=O)Nc2cccc(-n3nnnc3C)c2)cc1. The number of hydrogen-bond donors (Lipinski definition) is 1. The molecule has 8 heteroatoms. The first-order valence-electron chi connectivity index (χ1n) is 8.16. The number of nitrogens with one attached hydrogen (secondary N) is 1. The maximum atomic E-state index is 12.1. The van der Waals surface area contributed by atoms with Crippen LogP contribution in [0, 0.1) is 6.92 Å². The number of aryl methyl sites for hydroxylation is 1. The van der Waals surface area contributed by atoms with Gasteiger partial charge in [0.25, 0.3) is 5.91 Å². The molecule has 1 amide bonds. The van der Waals surface area contributed by atoms with Gasteiger partial charge < -0.3 is 14.8 Å². The van der Waals surface area contributed by atoms with Crippen molar-refractivity contribution >= 4 is 11.6 Å². The number of hydrogen-bond acceptors (Lipinski definition) is 6. The highest BCUT2D eigenvalue weighted by atomic mass is 16.5. The van der Waals surface area contributed by atoms with Crippen molar-refractivity contribution in [2.45, 2.75) is 13.8 Å². The number of carbonyl (C=O) groups excluding carboxylic acids is 1. The summed E-state index contributed by atoms with van der Waals surface area (Å²) in [6, 6.07) is 14.4. The molecule has 2 aromatic carbocycles. The Morgan fingerprint density at radius 1 is 1.12 bits per heavy atom. The quantitative estimate of drug-likeness (QED) is 0.701. The van der Waals surface area contributed by atoms with Crippen LogP contribution in [-0.2, 0) is 4.79 Å². The van der Waals surface area contributed by atoms with Crippen LogP contribution in [0.2, 0.25) is 0 Å². The summed E-state index contributed by atoms with van der Waals surface area (Å²) in [6.07, 6.45) is 0. The van der Waals surface area contributed by atoms with E-state index < -0.39 is 0 Å². The Kier molecular flexibility index (Phi) is 5.43. The Labute approximate surface area is 150 Å². The van der Waals surface area contributed by atoms with Gasteiger partial charge in [-0.15, -0.1) is 5.10 Å². The number of tetrazole rings is 1. The minimum atomic E-state index is -0.260. The number of amides is 1. The molecule has 0 atom stereocenters. The van der Waals surface area contributed by atoms with E-state index in [0.717, 1.165) is 11.4 Å². The van der Waals surface area contributed by atoms with Crippen LogP contribution >= 0.6 is 0 Å². The number of carbonyl (C=O) groups is 1. The van der Waals surface area contributed by atoms with Gasteiger partial charge in [-0.25, -0.2) is 0 Å². The van der Waals surface area contributed by atoms with E-state index in [1.165, 1.54) is 0 Å². The summed E-state index contributed by atoms with van der Waals surface area (Å²) in [5.74, 6) is 1.76. The summed E-state index contributed by atoms with van der Waals surface area (Å²) < 4.78 is 12.4. The molecule has 0 saturated carbocycles. The van der Waals surface area contributed by atoms with E-state index in [1.54, 1.807) is 48.0 Å². The highest BCUT2D eigenvalue weighted by Crippen LogP contribution is 2.18. The van der Waals surface area contributed by atoms with Gasteiger partial charge in [-0.05, 0) is 66.7 Å². The van der Waals surface area contributed by atoms with E-state index in [0.29, 0.717) is 23.9 Å². The molecule has 8 nitrogen and oxygen atoms in total. The molecule has 0 aliphatic rings. The van der Waals surface area contributed by atoms with Gasteiger partial charge in [-0.3, -0.25) is 4.79 Å². The van der Waals surface area contributed by atoms with Gasteiger partial charge in [0.1, 0.15) is 11.5 Å². The molecule has 0 saturated heterocycles. The van der Waals surface area contributed by atoms with Crippen LogP contribution in [0.15, 0.2) is 48.5 Å². The fraction of sp³-hybridized carbons (Fsp3) is 0.222. The largest absolute Gasteiger partial charge is 0.494 e. The van der Waals surface area contributed by atoms with E-state index in [-0.39, 0.29) is 12.5 Å². The molecule has 1 heterocycles. The van der Waals surface area contributed by atoms with Crippen molar-refractivity contribution in [3.05, 3.63) is 54.4 Å². The maximum Gasteiger partial charge on any atom is 0.262 e. The second-order valence-corrected chi connectivity index (χ2v) is 5.43. The van der Waals surface area contributed by atoms with Gasteiger partial charge in [0.2, 0.25) is 0 Å². The molecule has 0 aliphatic carbocycles. The molecule has 0 bridgehead atoms. The van der Waals surface area contributed by atoms with Crippen LogP contribution in [0.3, 0.4) is 0 Å². The molecule has 0 unspecified atom stereocenters. The Hall–Kier alpha value is -3.42. The minimum Gasteiger partial charge on any atom is -0.494 e. The first-order chi connectivity index (χ1) is 12.7. The minimum absolute atomic E-state index is 0.0951. The van der Waals surface area contributed by atoms with Gasteiger partial charge in [0, 0.05) is 5.69 Å². The third-order valence-corrected chi connectivity index (χ3v) is 3.50. The smallest absolute Gasteiger partial charge is 0.262 e.